The predicted molar refractivity (Wildman–Crippen MR) is 82.2 cm³/mol. The molecule has 2 aromatic rings. The van der Waals surface area contributed by atoms with Crippen molar-refractivity contribution in [2.75, 3.05) is 6.54 Å². The van der Waals surface area contributed by atoms with E-state index in [1.807, 2.05) is 16.8 Å². The lowest BCUT2D eigenvalue weighted by Crippen LogP contribution is -2.47. The molecule has 0 bridgehead atoms. The van der Waals surface area contributed by atoms with Crippen LogP contribution in [0.1, 0.15) is 18.2 Å². The summed E-state index contributed by atoms with van der Waals surface area (Å²) in [4.78, 5) is 23.3. The lowest BCUT2D eigenvalue weighted by Gasteiger charge is -2.22. The summed E-state index contributed by atoms with van der Waals surface area (Å²) in [6.45, 7) is 1.83. The SMILES string of the molecule is CC(O)(CNC(=O)C(=O)NCc1ccsc1)Cc1ccco1. The van der Waals surface area contributed by atoms with Crippen LogP contribution in [0, 0.1) is 0 Å². The first kappa shape index (κ1) is 16.3. The van der Waals surface area contributed by atoms with Crippen molar-refractivity contribution in [2.24, 2.45) is 0 Å². The molecule has 1 unspecified atom stereocenters. The van der Waals surface area contributed by atoms with Gasteiger partial charge < -0.3 is 20.2 Å². The predicted octanol–water partition coefficient (Wildman–Crippen LogP) is 1.07. The monoisotopic (exact) mass is 322 g/mol. The summed E-state index contributed by atoms with van der Waals surface area (Å²) in [5, 5.41) is 18.9. The van der Waals surface area contributed by atoms with Crippen LogP contribution in [0.3, 0.4) is 0 Å². The molecule has 1 atom stereocenters. The van der Waals surface area contributed by atoms with Gasteiger partial charge in [0, 0.05) is 19.5 Å². The Morgan fingerprint density at radius 1 is 1.32 bits per heavy atom. The van der Waals surface area contributed by atoms with Crippen molar-refractivity contribution in [1.29, 1.82) is 0 Å². The lowest BCUT2D eigenvalue weighted by molar-refractivity contribution is -0.139. The molecule has 0 aliphatic carbocycles. The minimum atomic E-state index is -1.19. The highest BCUT2D eigenvalue weighted by atomic mass is 32.1. The van der Waals surface area contributed by atoms with Crippen LogP contribution in [0.25, 0.3) is 0 Å². The number of rotatable bonds is 6. The molecule has 7 heteroatoms. The molecule has 0 aromatic carbocycles. The number of carbonyl (C=O) groups is 2. The molecule has 2 rings (SSSR count). The number of furan rings is 1. The number of hydrogen-bond acceptors (Lipinski definition) is 5. The van der Waals surface area contributed by atoms with Crippen LogP contribution in [-0.2, 0) is 22.6 Å². The summed E-state index contributed by atoms with van der Waals surface area (Å²) in [7, 11) is 0. The van der Waals surface area contributed by atoms with Crippen molar-refractivity contribution in [3.63, 3.8) is 0 Å². The second-order valence-electron chi connectivity index (χ2n) is 5.25. The zero-order valence-corrected chi connectivity index (χ0v) is 13.0. The minimum absolute atomic E-state index is 0.0432. The molecule has 2 heterocycles. The van der Waals surface area contributed by atoms with Gasteiger partial charge in [0.1, 0.15) is 5.76 Å². The molecule has 0 aliphatic heterocycles. The fraction of sp³-hybridized carbons (Fsp3) is 0.333. The van der Waals surface area contributed by atoms with E-state index in [9.17, 15) is 14.7 Å². The van der Waals surface area contributed by atoms with Crippen molar-refractivity contribution < 1.29 is 19.1 Å². The Hall–Kier alpha value is -2.12. The van der Waals surface area contributed by atoms with Gasteiger partial charge in [0.2, 0.25) is 0 Å². The third-order valence-electron chi connectivity index (χ3n) is 3.00. The molecule has 0 saturated heterocycles. The quantitative estimate of drug-likeness (QED) is 0.694. The molecule has 3 N–H and O–H groups in total. The average Bonchev–Trinajstić information content (AvgIpc) is 3.15. The van der Waals surface area contributed by atoms with Crippen LogP contribution in [0.15, 0.2) is 39.6 Å². The van der Waals surface area contributed by atoms with Gasteiger partial charge in [-0.25, -0.2) is 0 Å². The molecular weight excluding hydrogens is 304 g/mol. The Morgan fingerprint density at radius 3 is 2.73 bits per heavy atom. The van der Waals surface area contributed by atoms with Crippen molar-refractivity contribution in [3.05, 3.63) is 46.5 Å². The molecular formula is C15H18N2O4S. The fourth-order valence-corrected chi connectivity index (χ4v) is 2.53. The Kier molecular flexibility index (Phi) is 5.35. The summed E-state index contributed by atoms with van der Waals surface area (Å²) in [6.07, 6.45) is 1.76. The maximum absolute atomic E-state index is 11.7. The van der Waals surface area contributed by atoms with Gasteiger partial charge in [-0.3, -0.25) is 9.59 Å². The molecule has 0 radical (unpaired) electrons. The molecule has 2 amide bonds. The molecule has 22 heavy (non-hydrogen) atoms. The van der Waals surface area contributed by atoms with Crippen molar-refractivity contribution in [1.82, 2.24) is 10.6 Å². The van der Waals surface area contributed by atoms with Crippen LogP contribution in [0.4, 0.5) is 0 Å². The Labute approximate surface area is 132 Å². The number of amides is 2. The second-order valence-corrected chi connectivity index (χ2v) is 6.03. The largest absolute Gasteiger partial charge is 0.469 e. The van der Waals surface area contributed by atoms with Crippen LogP contribution in [0.5, 0.6) is 0 Å². The van der Waals surface area contributed by atoms with E-state index in [1.165, 1.54) is 17.6 Å². The van der Waals surface area contributed by atoms with E-state index in [4.69, 9.17) is 4.42 Å². The standard InChI is InChI=1S/C15H18N2O4S/c1-15(20,7-12-3-2-5-21-12)10-17-14(19)13(18)16-8-11-4-6-22-9-11/h2-6,9,20H,7-8,10H2,1H3,(H,16,18)(H,17,19). The molecule has 0 spiro atoms. The second kappa shape index (κ2) is 7.24. The highest BCUT2D eigenvalue weighted by Gasteiger charge is 2.24. The first-order chi connectivity index (χ1) is 10.5. The van der Waals surface area contributed by atoms with Gasteiger partial charge in [0.25, 0.3) is 0 Å². The summed E-state index contributed by atoms with van der Waals surface area (Å²) in [5.74, 6) is -0.879. The summed E-state index contributed by atoms with van der Waals surface area (Å²) < 4.78 is 5.15. The normalized spacial score (nSPS) is 13.4. The molecule has 0 fully saturated rings. The lowest BCUT2D eigenvalue weighted by atomic mass is 10.0. The van der Waals surface area contributed by atoms with Gasteiger partial charge >= 0.3 is 11.8 Å². The molecule has 0 saturated carbocycles. The summed E-state index contributed by atoms with van der Waals surface area (Å²) >= 11 is 1.52. The third-order valence-corrected chi connectivity index (χ3v) is 3.74. The number of aliphatic hydroxyl groups is 1. The van der Waals surface area contributed by atoms with Gasteiger partial charge in [0.15, 0.2) is 0 Å². The maximum Gasteiger partial charge on any atom is 0.309 e. The molecule has 0 aliphatic rings. The van der Waals surface area contributed by atoms with E-state index >= 15 is 0 Å². The van der Waals surface area contributed by atoms with Crippen LogP contribution < -0.4 is 10.6 Å². The van der Waals surface area contributed by atoms with E-state index in [0.29, 0.717) is 12.3 Å². The van der Waals surface area contributed by atoms with Crippen molar-refractivity contribution in [2.45, 2.75) is 25.5 Å². The van der Waals surface area contributed by atoms with Gasteiger partial charge in [0.05, 0.1) is 11.9 Å². The molecule has 118 valence electrons. The Bertz CT molecular complexity index is 606. The Balaban J connectivity index is 1.75. The highest BCUT2D eigenvalue weighted by molar-refractivity contribution is 7.07. The van der Waals surface area contributed by atoms with E-state index in [0.717, 1.165) is 5.56 Å². The van der Waals surface area contributed by atoms with E-state index < -0.39 is 17.4 Å². The zero-order chi connectivity index (χ0) is 16.0. The summed E-state index contributed by atoms with van der Waals surface area (Å²) in [6, 6.07) is 5.34. The first-order valence-electron chi connectivity index (χ1n) is 6.78. The van der Waals surface area contributed by atoms with Crippen molar-refractivity contribution >= 4 is 23.2 Å². The van der Waals surface area contributed by atoms with E-state index in [1.54, 1.807) is 19.1 Å². The van der Waals surface area contributed by atoms with Crippen molar-refractivity contribution in [3.8, 4) is 0 Å². The fourth-order valence-electron chi connectivity index (χ4n) is 1.86. The van der Waals surface area contributed by atoms with Gasteiger partial charge in [-0.2, -0.15) is 11.3 Å². The highest BCUT2D eigenvalue weighted by Crippen LogP contribution is 2.12. The summed E-state index contributed by atoms with van der Waals surface area (Å²) in [5.41, 5.74) is -0.253. The zero-order valence-electron chi connectivity index (χ0n) is 12.2. The smallest absolute Gasteiger partial charge is 0.309 e. The maximum atomic E-state index is 11.7. The minimum Gasteiger partial charge on any atom is -0.469 e. The number of thiophene rings is 1. The number of hydrogen-bond donors (Lipinski definition) is 3. The van der Waals surface area contributed by atoms with E-state index in [-0.39, 0.29) is 13.0 Å². The van der Waals surface area contributed by atoms with Gasteiger partial charge in [-0.05, 0) is 41.4 Å². The van der Waals surface area contributed by atoms with Gasteiger partial charge in [-0.1, -0.05) is 0 Å². The third kappa shape index (κ3) is 5.01. The van der Waals surface area contributed by atoms with Crippen LogP contribution in [0.2, 0.25) is 0 Å². The molecule has 6 nitrogen and oxygen atoms in total. The van der Waals surface area contributed by atoms with Gasteiger partial charge in [-0.15, -0.1) is 0 Å². The van der Waals surface area contributed by atoms with Crippen LogP contribution >= 0.6 is 11.3 Å². The first-order valence-corrected chi connectivity index (χ1v) is 7.72. The number of carbonyl (C=O) groups excluding carboxylic acids is 2. The average molecular weight is 322 g/mol. The topological polar surface area (TPSA) is 91.6 Å². The van der Waals surface area contributed by atoms with Crippen LogP contribution in [-0.4, -0.2) is 29.1 Å². The number of nitrogens with one attached hydrogen (secondary N) is 2. The van der Waals surface area contributed by atoms with E-state index in [2.05, 4.69) is 10.6 Å². The Morgan fingerprint density at radius 2 is 2.09 bits per heavy atom. The molecule has 2 aromatic heterocycles.